The SMILES string of the molecule is COCCOc1ccccc1-c1ccnc(=S)[nH]1. The van der Waals surface area contributed by atoms with Crippen LogP contribution in [-0.4, -0.2) is 30.3 Å². The van der Waals surface area contributed by atoms with Crippen LogP contribution in [0, 0.1) is 4.77 Å². The van der Waals surface area contributed by atoms with E-state index in [0.29, 0.717) is 18.0 Å². The Morgan fingerprint density at radius 3 is 2.83 bits per heavy atom. The largest absolute Gasteiger partial charge is 0.490 e. The molecule has 0 unspecified atom stereocenters. The molecule has 0 saturated carbocycles. The van der Waals surface area contributed by atoms with Crippen LogP contribution in [0.4, 0.5) is 0 Å². The van der Waals surface area contributed by atoms with Gasteiger partial charge < -0.3 is 14.5 Å². The molecule has 0 fully saturated rings. The van der Waals surface area contributed by atoms with Gasteiger partial charge in [-0.25, -0.2) is 4.98 Å². The van der Waals surface area contributed by atoms with Gasteiger partial charge in [0.2, 0.25) is 0 Å². The number of benzene rings is 1. The number of hydrogen-bond donors (Lipinski definition) is 1. The highest BCUT2D eigenvalue weighted by atomic mass is 32.1. The summed E-state index contributed by atoms with van der Waals surface area (Å²) in [5, 5.41) is 0. The highest BCUT2D eigenvalue weighted by molar-refractivity contribution is 7.71. The van der Waals surface area contributed by atoms with Gasteiger partial charge in [-0.3, -0.25) is 0 Å². The summed E-state index contributed by atoms with van der Waals surface area (Å²) >= 11 is 5.02. The number of methoxy groups -OCH3 is 1. The number of H-pyrrole nitrogens is 1. The van der Waals surface area contributed by atoms with Crippen molar-refractivity contribution in [3.8, 4) is 17.0 Å². The number of rotatable bonds is 5. The molecule has 1 heterocycles. The predicted octanol–water partition coefficient (Wildman–Crippen LogP) is 2.83. The van der Waals surface area contributed by atoms with Gasteiger partial charge in [-0.2, -0.15) is 0 Å². The van der Waals surface area contributed by atoms with Crippen LogP contribution in [0.3, 0.4) is 0 Å². The van der Waals surface area contributed by atoms with Gasteiger partial charge in [0, 0.05) is 18.9 Å². The Morgan fingerprint density at radius 2 is 2.06 bits per heavy atom. The molecule has 4 nitrogen and oxygen atoms in total. The minimum Gasteiger partial charge on any atom is -0.490 e. The van der Waals surface area contributed by atoms with Crippen LogP contribution in [-0.2, 0) is 4.74 Å². The Labute approximate surface area is 111 Å². The molecule has 1 aromatic carbocycles. The molecule has 1 N–H and O–H groups in total. The van der Waals surface area contributed by atoms with E-state index in [2.05, 4.69) is 9.97 Å². The van der Waals surface area contributed by atoms with Crippen molar-refractivity contribution in [1.29, 1.82) is 0 Å². The zero-order valence-corrected chi connectivity index (χ0v) is 10.9. The van der Waals surface area contributed by atoms with Gasteiger partial charge >= 0.3 is 0 Å². The van der Waals surface area contributed by atoms with Crippen molar-refractivity contribution in [3.05, 3.63) is 41.3 Å². The molecule has 2 aromatic rings. The van der Waals surface area contributed by atoms with Crippen LogP contribution in [0.5, 0.6) is 5.75 Å². The Hall–Kier alpha value is -1.72. The first kappa shape index (κ1) is 12.7. The molecule has 18 heavy (non-hydrogen) atoms. The van der Waals surface area contributed by atoms with Gasteiger partial charge in [0.05, 0.1) is 12.3 Å². The summed E-state index contributed by atoms with van der Waals surface area (Å²) in [5.41, 5.74) is 1.85. The molecule has 94 valence electrons. The molecule has 0 spiro atoms. The number of nitrogens with zero attached hydrogens (tertiary/aromatic N) is 1. The molecule has 1 aromatic heterocycles. The van der Waals surface area contributed by atoms with E-state index >= 15 is 0 Å². The maximum Gasteiger partial charge on any atom is 0.197 e. The van der Waals surface area contributed by atoms with Gasteiger partial charge in [-0.15, -0.1) is 0 Å². The van der Waals surface area contributed by atoms with Crippen LogP contribution in [0.25, 0.3) is 11.3 Å². The molecule has 0 radical (unpaired) electrons. The molecule has 0 atom stereocenters. The fourth-order valence-corrected chi connectivity index (χ4v) is 1.75. The van der Waals surface area contributed by atoms with E-state index in [1.54, 1.807) is 13.3 Å². The lowest BCUT2D eigenvalue weighted by Gasteiger charge is -2.10. The Bertz CT molecular complexity index is 569. The highest BCUT2D eigenvalue weighted by Crippen LogP contribution is 2.27. The van der Waals surface area contributed by atoms with Crippen molar-refractivity contribution in [2.24, 2.45) is 0 Å². The van der Waals surface area contributed by atoms with Crippen LogP contribution in [0.15, 0.2) is 36.5 Å². The summed E-state index contributed by atoms with van der Waals surface area (Å²) in [6.45, 7) is 1.07. The van der Waals surface area contributed by atoms with Crippen molar-refractivity contribution in [3.63, 3.8) is 0 Å². The fourth-order valence-electron chi connectivity index (χ4n) is 1.58. The predicted molar refractivity (Wildman–Crippen MR) is 72.2 cm³/mol. The minimum atomic E-state index is 0.458. The molecule has 5 heteroatoms. The van der Waals surface area contributed by atoms with E-state index in [0.717, 1.165) is 17.0 Å². The third kappa shape index (κ3) is 3.15. The van der Waals surface area contributed by atoms with E-state index in [-0.39, 0.29) is 0 Å². The summed E-state index contributed by atoms with van der Waals surface area (Å²) < 4.78 is 11.1. The van der Waals surface area contributed by atoms with Crippen molar-refractivity contribution in [1.82, 2.24) is 9.97 Å². The maximum absolute atomic E-state index is 5.67. The molecule has 2 rings (SSSR count). The second-order valence-electron chi connectivity index (χ2n) is 3.63. The standard InChI is InChI=1S/C13H14N2O2S/c1-16-8-9-17-12-5-3-2-4-10(12)11-6-7-14-13(18)15-11/h2-7H,8-9H2,1H3,(H,14,15,18). The second kappa shape index (κ2) is 6.28. The van der Waals surface area contributed by atoms with Gasteiger partial charge in [-0.1, -0.05) is 12.1 Å². The fraction of sp³-hybridized carbons (Fsp3) is 0.231. The first-order chi connectivity index (χ1) is 8.81. The van der Waals surface area contributed by atoms with Crippen LogP contribution >= 0.6 is 12.2 Å². The topological polar surface area (TPSA) is 47.1 Å². The van der Waals surface area contributed by atoms with Gasteiger partial charge in [-0.05, 0) is 30.4 Å². The second-order valence-corrected chi connectivity index (χ2v) is 4.01. The molecule has 0 bridgehead atoms. The number of aromatic nitrogens is 2. The van der Waals surface area contributed by atoms with E-state index in [4.69, 9.17) is 21.7 Å². The third-order valence-electron chi connectivity index (χ3n) is 2.40. The third-order valence-corrected chi connectivity index (χ3v) is 2.60. The molecule has 0 aliphatic carbocycles. The number of ether oxygens (including phenoxy) is 2. The summed E-state index contributed by atoms with van der Waals surface area (Å²) in [4.78, 5) is 7.02. The highest BCUT2D eigenvalue weighted by Gasteiger charge is 2.05. The molecule has 0 aliphatic heterocycles. The zero-order valence-electron chi connectivity index (χ0n) is 10.1. The molecule has 0 amide bonds. The smallest absolute Gasteiger partial charge is 0.197 e. The van der Waals surface area contributed by atoms with Crippen molar-refractivity contribution in [2.45, 2.75) is 0 Å². The van der Waals surface area contributed by atoms with Crippen LogP contribution < -0.4 is 4.74 Å². The average molecular weight is 262 g/mol. The van der Waals surface area contributed by atoms with Crippen LogP contribution in [0.2, 0.25) is 0 Å². The lowest BCUT2D eigenvalue weighted by atomic mass is 10.1. The van der Waals surface area contributed by atoms with E-state index in [1.807, 2.05) is 30.3 Å². The summed E-state index contributed by atoms with van der Waals surface area (Å²) in [7, 11) is 1.65. The zero-order chi connectivity index (χ0) is 12.8. The maximum atomic E-state index is 5.67. The molecule has 0 saturated heterocycles. The number of hydrogen-bond acceptors (Lipinski definition) is 4. The van der Waals surface area contributed by atoms with Crippen molar-refractivity contribution >= 4 is 12.2 Å². The Morgan fingerprint density at radius 1 is 1.22 bits per heavy atom. The normalized spacial score (nSPS) is 10.3. The number of nitrogens with one attached hydrogen (secondary N) is 1. The van der Waals surface area contributed by atoms with Crippen molar-refractivity contribution in [2.75, 3.05) is 20.3 Å². The summed E-state index contributed by atoms with van der Waals surface area (Å²) in [6.07, 6.45) is 1.68. The molecular weight excluding hydrogens is 248 g/mol. The number of aromatic amines is 1. The Balaban J connectivity index is 2.29. The van der Waals surface area contributed by atoms with Crippen LogP contribution in [0.1, 0.15) is 0 Å². The first-order valence-electron chi connectivity index (χ1n) is 5.58. The molecular formula is C13H14N2O2S. The average Bonchev–Trinajstić information content (AvgIpc) is 2.40. The Kier molecular flexibility index (Phi) is 4.44. The van der Waals surface area contributed by atoms with Gasteiger partial charge in [0.25, 0.3) is 0 Å². The summed E-state index contributed by atoms with van der Waals surface area (Å²) in [5.74, 6) is 0.798. The monoisotopic (exact) mass is 262 g/mol. The van der Waals surface area contributed by atoms with E-state index < -0.39 is 0 Å². The molecule has 0 aliphatic rings. The first-order valence-corrected chi connectivity index (χ1v) is 5.98. The number of para-hydroxylation sites is 1. The lowest BCUT2D eigenvalue weighted by molar-refractivity contribution is 0.146. The van der Waals surface area contributed by atoms with E-state index in [9.17, 15) is 0 Å². The lowest BCUT2D eigenvalue weighted by Crippen LogP contribution is -2.05. The van der Waals surface area contributed by atoms with Crippen molar-refractivity contribution < 1.29 is 9.47 Å². The van der Waals surface area contributed by atoms with Gasteiger partial charge in [0.15, 0.2) is 4.77 Å². The van der Waals surface area contributed by atoms with Gasteiger partial charge in [0.1, 0.15) is 12.4 Å². The quantitative estimate of drug-likeness (QED) is 0.665. The van der Waals surface area contributed by atoms with E-state index in [1.165, 1.54) is 0 Å². The minimum absolute atomic E-state index is 0.458. The summed E-state index contributed by atoms with van der Waals surface area (Å²) in [6, 6.07) is 9.65.